The number of nitro benzene ring substituents is 1. The molecule has 0 aromatic heterocycles. The molecule has 0 atom stereocenters. The lowest BCUT2D eigenvalue weighted by molar-refractivity contribution is -0.385. The molecule has 0 aliphatic rings. The fraction of sp³-hybridized carbons (Fsp3) is 0.0455. The molecule has 2 N–H and O–H groups in total. The van der Waals surface area contributed by atoms with Crippen molar-refractivity contribution in [3.63, 3.8) is 0 Å². The minimum absolute atomic E-state index is 0.0171. The van der Waals surface area contributed by atoms with Crippen molar-refractivity contribution >= 4 is 51.0 Å². The van der Waals surface area contributed by atoms with Crippen molar-refractivity contribution in [2.45, 2.75) is 4.90 Å². The molecule has 0 amide bonds. The van der Waals surface area contributed by atoms with Crippen molar-refractivity contribution in [1.29, 1.82) is 0 Å². The van der Waals surface area contributed by atoms with Gasteiger partial charge in [0.15, 0.2) is 0 Å². The summed E-state index contributed by atoms with van der Waals surface area (Å²) in [4.78, 5) is 10.2. The molecule has 3 rings (SSSR count). The lowest BCUT2D eigenvalue weighted by Crippen LogP contribution is -2.15. The minimum Gasteiger partial charge on any atom is -0.495 e. The van der Waals surface area contributed by atoms with Crippen molar-refractivity contribution in [3.8, 4) is 5.75 Å². The lowest BCUT2D eigenvalue weighted by atomic mass is 10.2. The molecule has 9 nitrogen and oxygen atoms in total. The van der Waals surface area contributed by atoms with Crippen LogP contribution in [0.15, 0.2) is 87.8 Å². The Morgan fingerprint density at radius 1 is 1.06 bits per heavy atom. The van der Waals surface area contributed by atoms with E-state index < -0.39 is 20.6 Å². The van der Waals surface area contributed by atoms with Crippen molar-refractivity contribution in [1.82, 2.24) is 0 Å². The Kier molecular flexibility index (Phi) is 7.65. The van der Waals surface area contributed by atoms with Gasteiger partial charge in [0.2, 0.25) is 0 Å². The molecule has 3 aromatic carbocycles. The summed E-state index contributed by atoms with van der Waals surface area (Å²) in [5.74, 6) is 0.289. The Morgan fingerprint density at radius 2 is 1.76 bits per heavy atom. The van der Waals surface area contributed by atoms with Gasteiger partial charge in [-0.1, -0.05) is 54.1 Å². The van der Waals surface area contributed by atoms with E-state index in [1.807, 2.05) is 30.3 Å². The first-order chi connectivity index (χ1) is 15.8. The number of hydrogen-bond donors (Lipinski definition) is 2. The predicted molar refractivity (Wildman–Crippen MR) is 129 cm³/mol. The SMILES string of the molecule is COc1ccccc1NS(=O)(=O)c1cc([N+](=O)[O-])ccc1NN=CC(Cl)=Cc1ccccc1. The van der Waals surface area contributed by atoms with Crippen LogP contribution < -0.4 is 14.9 Å². The number of halogens is 1. The molecule has 0 saturated heterocycles. The molecule has 0 saturated carbocycles. The van der Waals surface area contributed by atoms with E-state index in [2.05, 4.69) is 15.2 Å². The summed E-state index contributed by atoms with van der Waals surface area (Å²) in [7, 11) is -2.85. The Hall–Kier alpha value is -3.89. The first-order valence-corrected chi connectivity index (χ1v) is 11.3. The molecule has 11 heteroatoms. The number of benzene rings is 3. The van der Waals surface area contributed by atoms with Gasteiger partial charge in [0.25, 0.3) is 15.7 Å². The fourth-order valence-corrected chi connectivity index (χ4v) is 4.20. The average molecular weight is 487 g/mol. The fourth-order valence-electron chi connectivity index (χ4n) is 2.78. The summed E-state index contributed by atoms with van der Waals surface area (Å²) in [5, 5.41) is 15.5. The number of nitrogens with zero attached hydrogens (tertiary/aromatic N) is 2. The van der Waals surface area contributed by atoms with E-state index in [4.69, 9.17) is 16.3 Å². The normalized spacial score (nSPS) is 11.9. The zero-order valence-corrected chi connectivity index (χ0v) is 18.9. The second-order valence-electron chi connectivity index (χ2n) is 6.55. The van der Waals surface area contributed by atoms with E-state index >= 15 is 0 Å². The maximum Gasteiger partial charge on any atom is 0.270 e. The molecule has 0 spiro atoms. The second kappa shape index (κ2) is 10.6. The van der Waals surface area contributed by atoms with Crippen molar-refractivity contribution in [2.75, 3.05) is 17.3 Å². The smallest absolute Gasteiger partial charge is 0.270 e. The van der Waals surface area contributed by atoms with E-state index in [1.165, 1.54) is 31.5 Å². The van der Waals surface area contributed by atoms with Gasteiger partial charge in [-0.25, -0.2) is 8.42 Å². The first-order valence-electron chi connectivity index (χ1n) is 9.46. The average Bonchev–Trinajstić information content (AvgIpc) is 2.80. The number of non-ortho nitro benzene ring substituents is 1. The number of nitrogens with one attached hydrogen (secondary N) is 2. The number of methoxy groups -OCH3 is 1. The van der Waals surface area contributed by atoms with E-state index in [9.17, 15) is 18.5 Å². The van der Waals surface area contributed by atoms with Crippen molar-refractivity contribution < 1.29 is 18.1 Å². The molecule has 3 aromatic rings. The van der Waals surface area contributed by atoms with E-state index in [0.29, 0.717) is 0 Å². The van der Waals surface area contributed by atoms with Crippen LogP contribution in [0.25, 0.3) is 6.08 Å². The monoisotopic (exact) mass is 486 g/mol. The van der Waals surface area contributed by atoms with Crippen molar-refractivity contribution in [2.24, 2.45) is 5.10 Å². The summed E-state index contributed by atoms with van der Waals surface area (Å²) in [6, 6.07) is 19.0. The van der Waals surface area contributed by atoms with Crippen LogP contribution in [0.3, 0.4) is 0 Å². The highest BCUT2D eigenvalue weighted by Gasteiger charge is 2.23. The van der Waals surface area contributed by atoms with Crippen LogP contribution in [0.2, 0.25) is 0 Å². The second-order valence-corrected chi connectivity index (χ2v) is 8.64. The number of para-hydroxylation sites is 2. The Bertz CT molecular complexity index is 1310. The molecular formula is C22H19ClN4O5S. The lowest BCUT2D eigenvalue weighted by Gasteiger charge is -2.14. The quantitative estimate of drug-likeness (QED) is 0.247. The number of allylic oxidation sites excluding steroid dienone is 1. The highest BCUT2D eigenvalue weighted by molar-refractivity contribution is 7.93. The number of nitro groups is 1. The summed E-state index contributed by atoms with van der Waals surface area (Å²) in [6.45, 7) is 0. The molecule has 0 bridgehead atoms. The van der Waals surface area contributed by atoms with Gasteiger partial charge >= 0.3 is 0 Å². The van der Waals surface area contributed by atoms with Gasteiger partial charge < -0.3 is 4.74 Å². The van der Waals surface area contributed by atoms with Crippen molar-refractivity contribution in [3.05, 3.63) is 93.5 Å². The number of rotatable bonds is 9. The van der Waals surface area contributed by atoms with Gasteiger partial charge in [-0.05, 0) is 29.8 Å². The van der Waals surface area contributed by atoms with Gasteiger partial charge in [0, 0.05) is 12.1 Å². The third-order valence-electron chi connectivity index (χ3n) is 4.29. The number of hydrogen-bond acceptors (Lipinski definition) is 7. The highest BCUT2D eigenvalue weighted by atomic mass is 35.5. The molecule has 0 radical (unpaired) electrons. The number of sulfonamides is 1. The van der Waals surface area contributed by atoms with Crippen LogP contribution in [0, 0.1) is 10.1 Å². The van der Waals surface area contributed by atoms with Gasteiger partial charge in [-0.15, -0.1) is 0 Å². The Balaban J connectivity index is 1.91. The maximum absolute atomic E-state index is 13.1. The van der Waals surface area contributed by atoms with E-state index in [-0.39, 0.29) is 27.1 Å². The Morgan fingerprint density at radius 3 is 2.45 bits per heavy atom. The van der Waals surface area contributed by atoms with Crippen LogP contribution in [-0.4, -0.2) is 26.7 Å². The highest BCUT2D eigenvalue weighted by Crippen LogP contribution is 2.31. The van der Waals surface area contributed by atoms with Crippen LogP contribution in [0.1, 0.15) is 5.56 Å². The molecule has 0 unspecified atom stereocenters. The topological polar surface area (TPSA) is 123 Å². The largest absolute Gasteiger partial charge is 0.495 e. The van der Waals surface area contributed by atoms with E-state index in [1.54, 1.807) is 24.3 Å². The summed E-state index contributed by atoms with van der Waals surface area (Å²) < 4.78 is 33.7. The first kappa shape index (κ1) is 23.8. The van der Waals surface area contributed by atoms with Gasteiger partial charge in [0.05, 0.1) is 34.7 Å². The number of anilines is 2. The van der Waals surface area contributed by atoms with Gasteiger partial charge in [-0.2, -0.15) is 5.10 Å². The summed E-state index contributed by atoms with van der Waals surface area (Å²) in [5.41, 5.74) is 3.24. The van der Waals surface area contributed by atoms with Gasteiger partial charge in [-0.3, -0.25) is 20.3 Å². The molecule has 0 fully saturated rings. The maximum atomic E-state index is 13.1. The number of ether oxygens (including phenoxy) is 1. The minimum atomic E-state index is -4.25. The molecule has 0 heterocycles. The van der Waals surface area contributed by atoms with E-state index in [0.717, 1.165) is 11.6 Å². The molecule has 170 valence electrons. The van der Waals surface area contributed by atoms with Gasteiger partial charge in [0.1, 0.15) is 10.6 Å². The standard InChI is InChI=1S/C22H19ClN4O5S/c1-32-21-10-6-5-9-19(21)26-33(30,31)22-14-18(27(28)29)11-12-20(22)25-24-15-17(23)13-16-7-3-2-4-8-16/h2-15,25-26H,1H3. The third-order valence-corrected chi connectivity index (χ3v) is 5.91. The third kappa shape index (κ3) is 6.31. The Labute approximate surface area is 195 Å². The van der Waals surface area contributed by atoms with Crippen LogP contribution in [0.5, 0.6) is 5.75 Å². The molecule has 0 aliphatic heterocycles. The molecular weight excluding hydrogens is 468 g/mol. The van der Waals surface area contributed by atoms with Crippen LogP contribution in [0.4, 0.5) is 17.1 Å². The summed E-state index contributed by atoms with van der Waals surface area (Å²) >= 11 is 6.16. The number of hydrazone groups is 1. The van der Waals surface area contributed by atoms with Crippen LogP contribution in [-0.2, 0) is 10.0 Å². The molecule has 33 heavy (non-hydrogen) atoms. The van der Waals surface area contributed by atoms with Crippen LogP contribution >= 0.6 is 11.6 Å². The molecule has 0 aliphatic carbocycles. The summed E-state index contributed by atoms with van der Waals surface area (Å²) in [6.07, 6.45) is 2.96. The predicted octanol–water partition coefficient (Wildman–Crippen LogP) is 5.08. The zero-order chi connectivity index (χ0) is 23.8. The zero-order valence-electron chi connectivity index (χ0n) is 17.3.